The van der Waals surface area contributed by atoms with Gasteiger partial charge in [0.1, 0.15) is 0 Å². The monoisotopic (exact) mass is 336 g/mol. The number of nitrogens with two attached hydrogens (primary N) is 2. The SMILES string of the molecule is Cc1ccccc1SC1=CC(C)C(=C(N)N)C=C1S(C)(=O)=O. The average Bonchev–Trinajstić information content (AvgIpc) is 2.39. The second kappa shape index (κ2) is 6.22. The number of aryl methyl sites for hydroxylation is 1. The minimum atomic E-state index is -3.37. The molecule has 1 aliphatic carbocycles. The van der Waals surface area contributed by atoms with Crippen LogP contribution in [-0.2, 0) is 9.84 Å². The van der Waals surface area contributed by atoms with Crippen molar-refractivity contribution in [3.63, 3.8) is 0 Å². The lowest BCUT2D eigenvalue weighted by atomic mass is 9.96. The molecule has 1 unspecified atom stereocenters. The van der Waals surface area contributed by atoms with Gasteiger partial charge in [-0.05, 0) is 30.2 Å². The quantitative estimate of drug-likeness (QED) is 0.886. The Labute approximate surface area is 135 Å². The summed E-state index contributed by atoms with van der Waals surface area (Å²) >= 11 is 1.45. The third kappa shape index (κ3) is 3.56. The summed E-state index contributed by atoms with van der Waals surface area (Å²) in [6.07, 6.45) is 4.70. The highest BCUT2D eigenvalue weighted by Gasteiger charge is 2.25. The van der Waals surface area contributed by atoms with Gasteiger partial charge in [0.15, 0.2) is 9.84 Å². The van der Waals surface area contributed by atoms with Crippen LogP contribution in [0.3, 0.4) is 0 Å². The molecule has 4 nitrogen and oxygen atoms in total. The molecule has 0 fully saturated rings. The molecule has 2 rings (SSSR count). The van der Waals surface area contributed by atoms with E-state index in [2.05, 4.69) is 0 Å². The lowest BCUT2D eigenvalue weighted by Gasteiger charge is -2.22. The van der Waals surface area contributed by atoms with Crippen LogP contribution < -0.4 is 11.5 Å². The van der Waals surface area contributed by atoms with E-state index in [-0.39, 0.29) is 16.6 Å². The maximum absolute atomic E-state index is 12.1. The number of rotatable bonds is 3. The Morgan fingerprint density at radius 3 is 2.41 bits per heavy atom. The smallest absolute Gasteiger partial charge is 0.176 e. The van der Waals surface area contributed by atoms with E-state index >= 15 is 0 Å². The highest BCUT2D eigenvalue weighted by molar-refractivity contribution is 8.05. The summed E-state index contributed by atoms with van der Waals surface area (Å²) in [6, 6.07) is 7.88. The number of hydrogen-bond donors (Lipinski definition) is 2. The van der Waals surface area contributed by atoms with Crippen LogP contribution in [0.1, 0.15) is 12.5 Å². The number of allylic oxidation sites excluding steroid dienone is 3. The summed E-state index contributed by atoms with van der Waals surface area (Å²) in [6.45, 7) is 3.95. The van der Waals surface area contributed by atoms with Gasteiger partial charge in [0.25, 0.3) is 0 Å². The first-order chi connectivity index (χ1) is 10.2. The zero-order valence-electron chi connectivity index (χ0n) is 12.8. The van der Waals surface area contributed by atoms with E-state index in [0.29, 0.717) is 10.5 Å². The Kier molecular flexibility index (Phi) is 4.72. The summed E-state index contributed by atoms with van der Waals surface area (Å²) in [5.41, 5.74) is 13.1. The lowest BCUT2D eigenvalue weighted by molar-refractivity contribution is 0.608. The van der Waals surface area contributed by atoms with Gasteiger partial charge < -0.3 is 11.5 Å². The lowest BCUT2D eigenvalue weighted by Crippen LogP contribution is -2.18. The number of benzene rings is 1. The van der Waals surface area contributed by atoms with Crippen molar-refractivity contribution in [2.24, 2.45) is 17.4 Å². The van der Waals surface area contributed by atoms with E-state index in [4.69, 9.17) is 11.5 Å². The molecule has 0 saturated carbocycles. The van der Waals surface area contributed by atoms with Gasteiger partial charge in [0.05, 0.1) is 10.7 Å². The fourth-order valence-corrected chi connectivity index (χ4v) is 4.65. The minimum Gasteiger partial charge on any atom is -0.385 e. The standard InChI is InChI=1S/C16H20N2O2S2/c1-10-6-4-5-7-13(10)21-14-8-11(2)12(16(17)18)9-15(14)22(3,19)20/h4-9,11H,17-18H2,1-3H3. The van der Waals surface area contributed by atoms with Gasteiger partial charge in [-0.15, -0.1) is 0 Å². The zero-order valence-corrected chi connectivity index (χ0v) is 14.5. The molecule has 0 aliphatic heterocycles. The summed E-state index contributed by atoms with van der Waals surface area (Å²) < 4.78 is 24.2. The predicted octanol–water partition coefficient (Wildman–Crippen LogP) is 2.68. The van der Waals surface area contributed by atoms with Gasteiger partial charge in [0, 0.05) is 22.0 Å². The number of hydrogen-bond acceptors (Lipinski definition) is 5. The maximum Gasteiger partial charge on any atom is 0.176 e. The summed E-state index contributed by atoms with van der Waals surface area (Å²) in [7, 11) is -3.37. The van der Waals surface area contributed by atoms with E-state index in [1.165, 1.54) is 18.0 Å². The van der Waals surface area contributed by atoms with Crippen LogP contribution in [0.15, 0.2) is 62.5 Å². The van der Waals surface area contributed by atoms with Crippen molar-refractivity contribution >= 4 is 21.6 Å². The molecule has 1 aromatic carbocycles. The minimum absolute atomic E-state index is 0.0259. The molecule has 1 atom stereocenters. The van der Waals surface area contributed by atoms with E-state index in [1.807, 2.05) is 44.2 Å². The van der Waals surface area contributed by atoms with E-state index in [9.17, 15) is 8.42 Å². The van der Waals surface area contributed by atoms with Crippen LogP contribution in [0.5, 0.6) is 0 Å². The second-order valence-electron chi connectivity index (χ2n) is 5.38. The van der Waals surface area contributed by atoms with Crippen LogP contribution in [0.2, 0.25) is 0 Å². The highest BCUT2D eigenvalue weighted by Crippen LogP contribution is 2.40. The highest BCUT2D eigenvalue weighted by atomic mass is 32.2. The summed E-state index contributed by atoms with van der Waals surface area (Å²) in [5.74, 6) is 0.131. The van der Waals surface area contributed by atoms with E-state index < -0.39 is 9.84 Å². The molecule has 6 heteroatoms. The normalized spacial score (nSPS) is 18.7. The van der Waals surface area contributed by atoms with Crippen LogP contribution >= 0.6 is 11.8 Å². The van der Waals surface area contributed by atoms with Crippen molar-refractivity contribution in [3.05, 3.63) is 63.2 Å². The third-order valence-corrected chi connectivity index (χ3v) is 5.99. The maximum atomic E-state index is 12.1. The van der Waals surface area contributed by atoms with Crippen molar-refractivity contribution in [1.29, 1.82) is 0 Å². The fraction of sp³-hybridized carbons (Fsp3) is 0.250. The van der Waals surface area contributed by atoms with Crippen LogP contribution in [0.25, 0.3) is 0 Å². The molecule has 22 heavy (non-hydrogen) atoms. The molecule has 0 saturated heterocycles. The van der Waals surface area contributed by atoms with Gasteiger partial charge in [-0.1, -0.05) is 43.0 Å². The second-order valence-corrected chi connectivity index (χ2v) is 8.45. The molecule has 0 heterocycles. The molecule has 4 N–H and O–H groups in total. The van der Waals surface area contributed by atoms with Crippen molar-refractivity contribution < 1.29 is 8.42 Å². The molecule has 0 aromatic heterocycles. The van der Waals surface area contributed by atoms with Crippen molar-refractivity contribution in [1.82, 2.24) is 0 Å². The summed E-state index contributed by atoms with van der Waals surface area (Å²) in [4.78, 5) is 2.01. The average molecular weight is 336 g/mol. The Morgan fingerprint density at radius 1 is 1.23 bits per heavy atom. The fourth-order valence-electron chi connectivity index (χ4n) is 2.25. The van der Waals surface area contributed by atoms with Crippen molar-refractivity contribution in [3.8, 4) is 0 Å². The molecular weight excluding hydrogens is 316 g/mol. The molecule has 0 bridgehead atoms. The molecular formula is C16H20N2O2S2. The predicted molar refractivity (Wildman–Crippen MR) is 92.6 cm³/mol. The van der Waals surface area contributed by atoms with Crippen molar-refractivity contribution in [2.75, 3.05) is 6.26 Å². The van der Waals surface area contributed by atoms with Crippen molar-refractivity contribution in [2.45, 2.75) is 18.7 Å². The molecule has 118 valence electrons. The van der Waals surface area contributed by atoms with Gasteiger partial charge >= 0.3 is 0 Å². The Morgan fingerprint density at radius 2 is 1.86 bits per heavy atom. The third-order valence-electron chi connectivity index (χ3n) is 3.47. The van der Waals surface area contributed by atoms with Gasteiger partial charge in [-0.3, -0.25) is 0 Å². The molecule has 0 radical (unpaired) electrons. The Bertz CT molecular complexity index is 786. The van der Waals surface area contributed by atoms with Crippen LogP contribution in [0.4, 0.5) is 0 Å². The zero-order chi connectivity index (χ0) is 16.5. The first-order valence-electron chi connectivity index (χ1n) is 6.82. The Balaban J connectivity index is 2.50. The molecule has 0 spiro atoms. The van der Waals surface area contributed by atoms with Gasteiger partial charge in [0.2, 0.25) is 0 Å². The summed E-state index contributed by atoms with van der Waals surface area (Å²) in [5, 5.41) is 0. The first-order valence-corrected chi connectivity index (χ1v) is 9.53. The topological polar surface area (TPSA) is 86.2 Å². The largest absolute Gasteiger partial charge is 0.385 e. The Hall–Kier alpha value is -1.66. The van der Waals surface area contributed by atoms with Crippen LogP contribution in [-0.4, -0.2) is 14.7 Å². The molecule has 0 amide bonds. The first kappa shape index (κ1) is 16.7. The molecule has 1 aromatic rings. The van der Waals surface area contributed by atoms with Gasteiger partial charge in [-0.25, -0.2) is 8.42 Å². The number of sulfone groups is 1. The van der Waals surface area contributed by atoms with Crippen LogP contribution in [0, 0.1) is 12.8 Å². The van der Waals surface area contributed by atoms with E-state index in [0.717, 1.165) is 10.5 Å². The van der Waals surface area contributed by atoms with Gasteiger partial charge in [-0.2, -0.15) is 0 Å². The number of thioether (sulfide) groups is 1. The molecule has 1 aliphatic rings. The van der Waals surface area contributed by atoms with E-state index in [1.54, 1.807) is 6.08 Å².